The van der Waals surface area contributed by atoms with Crippen molar-refractivity contribution in [2.75, 3.05) is 37.4 Å². The third-order valence-corrected chi connectivity index (χ3v) is 5.05. The molecule has 2 aromatic rings. The summed E-state index contributed by atoms with van der Waals surface area (Å²) in [4.78, 5) is 52.4. The zero-order chi connectivity index (χ0) is 22.1. The minimum absolute atomic E-state index is 0.00269. The molecule has 0 saturated carbocycles. The third kappa shape index (κ3) is 3.34. The summed E-state index contributed by atoms with van der Waals surface area (Å²) in [6.07, 6.45) is 0. The normalized spacial score (nSPS) is 15.8. The van der Waals surface area contributed by atoms with Crippen LogP contribution in [0.4, 0.5) is 11.4 Å². The van der Waals surface area contributed by atoms with E-state index in [-0.39, 0.29) is 24.6 Å². The number of hydrogen-bond acceptors (Lipinski definition) is 8. The van der Waals surface area contributed by atoms with Crippen LogP contribution in [-0.4, -0.2) is 51.3 Å². The summed E-state index contributed by atoms with van der Waals surface area (Å²) in [5.74, 6) is -2.23. The molecule has 0 aromatic heterocycles. The van der Waals surface area contributed by atoms with Crippen LogP contribution in [0.3, 0.4) is 0 Å². The molecule has 2 aliphatic rings. The van der Waals surface area contributed by atoms with Crippen molar-refractivity contribution in [2.45, 2.75) is 0 Å². The molecule has 0 saturated heterocycles. The molecule has 2 aliphatic heterocycles. The van der Waals surface area contributed by atoms with E-state index in [4.69, 9.17) is 14.2 Å². The lowest BCUT2D eigenvalue weighted by atomic mass is 10.1. The fourth-order valence-corrected chi connectivity index (χ4v) is 3.55. The number of nitrogens with zero attached hydrogens (tertiary/aromatic N) is 2. The van der Waals surface area contributed by atoms with Crippen molar-refractivity contribution in [3.63, 3.8) is 0 Å². The van der Waals surface area contributed by atoms with E-state index in [1.807, 2.05) is 0 Å². The van der Waals surface area contributed by atoms with Gasteiger partial charge < -0.3 is 19.1 Å². The number of carbonyl (C=O) groups is 4. The summed E-state index contributed by atoms with van der Waals surface area (Å²) < 4.78 is 15.0. The minimum Gasteiger partial charge on any atom is -0.466 e. The first-order chi connectivity index (χ1) is 15.0. The van der Waals surface area contributed by atoms with E-state index in [9.17, 15) is 19.2 Å². The Labute approximate surface area is 177 Å². The number of anilines is 2. The lowest BCUT2D eigenvalue weighted by molar-refractivity contribution is -0.140. The number of fused-ring (bicyclic) bond motifs is 1. The van der Waals surface area contributed by atoms with Crippen LogP contribution in [0, 0.1) is 0 Å². The van der Waals surface area contributed by atoms with E-state index in [1.165, 1.54) is 19.1 Å². The van der Waals surface area contributed by atoms with E-state index in [0.717, 1.165) is 4.90 Å². The van der Waals surface area contributed by atoms with Crippen molar-refractivity contribution >= 4 is 35.1 Å². The first kappa shape index (κ1) is 20.3. The quantitative estimate of drug-likeness (QED) is 0.544. The largest absolute Gasteiger partial charge is 0.466 e. The number of esters is 2. The molecule has 4 rings (SSSR count). The molecule has 31 heavy (non-hydrogen) atoms. The van der Waals surface area contributed by atoms with E-state index in [1.54, 1.807) is 48.5 Å². The number of ether oxygens (including phenoxy) is 3. The Balaban J connectivity index is 1.68. The molecule has 2 aromatic carbocycles. The molecule has 0 aliphatic carbocycles. The SMILES string of the molecule is COC(=O)C1=C(C(=O)OC)N(c2ccc(N3C(=O)c4ccccc4C3=O)cc2)COC1. The van der Waals surface area contributed by atoms with Crippen molar-refractivity contribution in [3.8, 4) is 0 Å². The Morgan fingerprint density at radius 3 is 1.94 bits per heavy atom. The zero-order valence-electron chi connectivity index (χ0n) is 16.8. The van der Waals surface area contributed by atoms with Gasteiger partial charge in [0.2, 0.25) is 0 Å². The van der Waals surface area contributed by atoms with Gasteiger partial charge in [-0.2, -0.15) is 0 Å². The van der Waals surface area contributed by atoms with Crippen LogP contribution < -0.4 is 9.80 Å². The Bertz CT molecular complexity index is 1090. The van der Waals surface area contributed by atoms with Crippen molar-refractivity contribution in [2.24, 2.45) is 0 Å². The Hall–Kier alpha value is -3.98. The molecule has 9 heteroatoms. The number of methoxy groups -OCH3 is 2. The van der Waals surface area contributed by atoms with Crippen LogP contribution in [0.2, 0.25) is 0 Å². The zero-order valence-corrected chi connectivity index (χ0v) is 16.8. The highest BCUT2D eigenvalue weighted by atomic mass is 16.5. The van der Waals surface area contributed by atoms with Gasteiger partial charge in [-0.1, -0.05) is 12.1 Å². The molecule has 0 bridgehead atoms. The topological polar surface area (TPSA) is 102 Å². The van der Waals surface area contributed by atoms with Crippen molar-refractivity contribution < 1.29 is 33.4 Å². The molecule has 9 nitrogen and oxygen atoms in total. The molecule has 0 fully saturated rings. The maximum atomic E-state index is 12.7. The van der Waals surface area contributed by atoms with Crippen molar-refractivity contribution in [1.82, 2.24) is 0 Å². The summed E-state index contributed by atoms with van der Waals surface area (Å²) >= 11 is 0. The molecule has 0 unspecified atom stereocenters. The monoisotopic (exact) mass is 422 g/mol. The standard InChI is InChI=1S/C22H18N2O7/c1-29-21(27)17-11-31-12-23(18(17)22(28)30-2)13-7-9-14(10-8-13)24-19(25)15-5-3-4-6-16(15)20(24)26/h3-10H,11-12H2,1-2H3. The first-order valence-corrected chi connectivity index (χ1v) is 9.31. The molecule has 2 heterocycles. The van der Waals surface area contributed by atoms with Gasteiger partial charge in [-0.3, -0.25) is 9.59 Å². The van der Waals surface area contributed by atoms with Crippen LogP contribution >= 0.6 is 0 Å². The second-order valence-electron chi connectivity index (χ2n) is 6.72. The summed E-state index contributed by atoms with van der Waals surface area (Å²) in [6, 6.07) is 13.0. The lowest BCUT2D eigenvalue weighted by Gasteiger charge is -2.31. The highest BCUT2D eigenvalue weighted by molar-refractivity contribution is 6.34. The highest BCUT2D eigenvalue weighted by Gasteiger charge is 2.37. The molecule has 2 amide bonds. The van der Waals surface area contributed by atoms with Crippen LogP contribution in [-0.2, 0) is 23.8 Å². The van der Waals surface area contributed by atoms with Crippen molar-refractivity contribution in [3.05, 3.63) is 70.9 Å². The summed E-state index contributed by atoms with van der Waals surface area (Å²) in [6.45, 7) is -0.0992. The minimum atomic E-state index is -0.715. The molecule has 158 valence electrons. The van der Waals surface area contributed by atoms with E-state index >= 15 is 0 Å². The highest BCUT2D eigenvalue weighted by Crippen LogP contribution is 2.32. The smallest absolute Gasteiger partial charge is 0.355 e. The van der Waals surface area contributed by atoms with Crippen LogP contribution in [0.1, 0.15) is 20.7 Å². The fraction of sp³-hybridized carbons (Fsp3) is 0.182. The molecule has 0 N–H and O–H groups in total. The number of amides is 2. The van der Waals surface area contributed by atoms with Gasteiger partial charge >= 0.3 is 11.9 Å². The first-order valence-electron chi connectivity index (χ1n) is 9.31. The summed E-state index contributed by atoms with van der Waals surface area (Å²) in [5, 5.41) is 0. The van der Waals surface area contributed by atoms with Crippen LogP contribution in [0.15, 0.2) is 59.8 Å². The molecular weight excluding hydrogens is 404 g/mol. The number of carbonyl (C=O) groups excluding carboxylic acids is 4. The van der Waals surface area contributed by atoms with Gasteiger partial charge in [0.05, 0.1) is 43.2 Å². The second kappa shape index (κ2) is 8.04. The average molecular weight is 422 g/mol. The molecule has 0 atom stereocenters. The maximum Gasteiger partial charge on any atom is 0.355 e. The van der Waals surface area contributed by atoms with Gasteiger partial charge in [0.15, 0.2) is 0 Å². The predicted octanol–water partition coefficient (Wildman–Crippen LogP) is 1.88. The summed E-state index contributed by atoms with van der Waals surface area (Å²) in [7, 11) is 2.42. The van der Waals surface area contributed by atoms with Gasteiger partial charge in [0.25, 0.3) is 11.8 Å². The van der Waals surface area contributed by atoms with E-state index in [0.29, 0.717) is 22.5 Å². The van der Waals surface area contributed by atoms with E-state index < -0.39 is 23.8 Å². The number of imide groups is 1. The van der Waals surface area contributed by atoms with Crippen molar-refractivity contribution in [1.29, 1.82) is 0 Å². The summed E-state index contributed by atoms with van der Waals surface area (Å²) in [5.41, 5.74) is 1.62. The lowest BCUT2D eigenvalue weighted by Crippen LogP contribution is -2.38. The predicted molar refractivity (Wildman–Crippen MR) is 108 cm³/mol. The Kier molecular flexibility index (Phi) is 5.26. The maximum absolute atomic E-state index is 12.7. The van der Waals surface area contributed by atoms with E-state index in [2.05, 4.69) is 0 Å². The second-order valence-corrected chi connectivity index (χ2v) is 6.72. The molecule has 0 radical (unpaired) electrons. The van der Waals surface area contributed by atoms with Gasteiger partial charge in [-0.15, -0.1) is 0 Å². The molecule has 0 spiro atoms. The van der Waals surface area contributed by atoms with Gasteiger partial charge in [0, 0.05) is 5.69 Å². The van der Waals surface area contributed by atoms with Gasteiger partial charge in [-0.25, -0.2) is 14.5 Å². The third-order valence-electron chi connectivity index (χ3n) is 5.05. The average Bonchev–Trinajstić information content (AvgIpc) is 3.07. The van der Waals surface area contributed by atoms with Gasteiger partial charge in [0.1, 0.15) is 12.4 Å². The van der Waals surface area contributed by atoms with Crippen LogP contribution in [0.5, 0.6) is 0 Å². The Morgan fingerprint density at radius 2 is 1.39 bits per heavy atom. The number of hydrogen-bond donors (Lipinski definition) is 0. The van der Waals surface area contributed by atoms with Gasteiger partial charge in [-0.05, 0) is 36.4 Å². The molecular formula is C22H18N2O7. The fourth-order valence-electron chi connectivity index (χ4n) is 3.55. The number of benzene rings is 2. The Morgan fingerprint density at radius 1 is 0.839 bits per heavy atom. The number of rotatable bonds is 4. The van der Waals surface area contributed by atoms with Crippen LogP contribution in [0.25, 0.3) is 0 Å².